The van der Waals surface area contributed by atoms with Crippen molar-refractivity contribution in [3.8, 4) is 0 Å². The molecule has 2 aromatic rings. The van der Waals surface area contributed by atoms with Crippen molar-refractivity contribution in [2.45, 2.75) is 23.7 Å². The fourth-order valence-electron chi connectivity index (χ4n) is 3.64. The van der Waals surface area contributed by atoms with Gasteiger partial charge in [-0.3, -0.25) is 0 Å². The van der Waals surface area contributed by atoms with Crippen LogP contribution in [0.5, 0.6) is 0 Å². The number of sulfone groups is 1. The zero-order valence-corrected chi connectivity index (χ0v) is 12.4. The van der Waals surface area contributed by atoms with Gasteiger partial charge in [0.1, 0.15) is 0 Å². The number of benzene rings is 2. The van der Waals surface area contributed by atoms with Crippen molar-refractivity contribution in [2.75, 3.05) is 0 Å². The molecular formula is C18H16O2S. The molecule has 0 N–H and O–H groups in total. The smallest absolute Gasteiger partial charge is 0.199 e. The lowest BCUT2D eigenvalue weighted by molar-refractivity contribution is 0.388. The summed E-state index contributed by atoms with van der Waals surface area (Å²) in [5.41, 5.74) is 3.77. The number of hydrogen-bond acceptors (Lipinski definition) is 2. The summed E-state index contributed by atoms with van der Waals surface area (Å²) in [6, 6.07) is 17.1. The topological polar surface area (TPSA) is 34.1 Å². The van der Waals surface area contributed by atoms with Crippen LogP contribution in [0.1, 0.15) is 23.5 Å². The van der Waals surface area contributed by atoms with E-state index in [9.17, 15) is 8.42 Å². The van der Waals surface area contributed by atoms with Crippen LogP contribution in [0.2, 0.25) is 0 Å². The predicted octanol–water partition coefficient (Wildman–Crippen LogP) is 3.70. The van der Waals surface area contributed by atoms with Crippen LogP contribution < -0.4 is 0 Å². The normalized spacial score (nSPS) is 25.2. The Morgan fingerprint density at radius 1 is 0.905 bits per heavy atom. The Morgan fingerprint density at radius 3 is 2.43 bits per heavy atom. The molecule has 0 aliphatic heterocycles. The van der Waals surface area contributed by atoms with Crippen LogP contribution in [0.25, 0.3) is 0 Å². The van der Waals surface area contributed by atoms with E-state index in [0.717, 1.165) is 18.4 Å². The second-order valence-electron chi connectivity index (χ2n) is 5.90. The Morgan fingerprint density at radius 2 is 1.62 bits per heavy atom. The van der Waals surface area contributed by atoms with Crippen molar-refractivity contribution in [1.29, 1.82) is 0 Å². The van der Waals surface area contributed by atoms with E-state index in [0.29, 0.717) is 16.7 Å². The second-order valence-corrected chi connectivity index (χ2v) is 7.69. The van der Waals surface area contributed by atoms with Crippen molar-refractivity contribution in [3.05, 3.63) is 76.7 Å². The van der Waals surface area contributed by atoms with Crippen LogP contribution in [0.15, 0.2) is 70.5 Å². The number of fused-ring (bicyclic) bond motifs is 3. The van der Waals surface area contributed by atoms with Gasteiger partial charge >= 0.3 is 0 Å². The summed E-state index contributed by atoms with van der Waals surface area (Å²) in [5.74, 6) is 0.916. The lowest BCUT2D eigenvalue weighted by Gasteiger charge is -2.34. The molecule has 0 unspecified atom stereocenters. The van der Waals surface area contributed by atoms with Gasteiger partial charge in [-0.05, 0) is 42.0 Å². The summed E-state index contributed by atoms with van der Waals surface area (Å²) < 4.78 is 24.9. The first kappa shape index (κ1) is 12.8. The molecule has 0 spiro atoms. The van der Waals surface area contributed by atoms with Crippen LogP contribution in [-0.4, -0.2) is 8.42 Å². The summed E-state index contributed by atoms with van der Waals surface area (Å²) >= 11 is 0. The fourth-order valence-corrected chi connectivity index (χ4v) is 4.95. The van der Waals surface area contributed by atoms with E-state index < -0.39 is 9.84 Å². The lowest BCUT2D eigenvalue weighted by atomic mass is 9.70. The van der Waals surface area contributed by atoms with Gasteiger partial charge in [-0.2, -0.15) is 0 Å². The zero-order valence-electron chi connectivity index (χ0n) is 11.6. The van der Waals surface area contributed by atoms with Crippen LogP contribution in [0, 0.1) is 5.92 Å². The minimum Gasteiger partial charge on any atom is -0.219 e. The Balaban J connectivity index is 1.71. The molecule has 3 heteroatoms. The van der Waals surface area contributed by atoms with E-state index in [1.54, 1.807) is 24.3 Å². The van der Waals surface area contributed by atoms with E-state index in [-0.39, 0.29) is 0 Å². The van der Waals surface area contributed by atoms with E-state index in [1.807, 2.05) is 12.1 Å². The Labute approximate surface area is 125 Å². The summed E-state index contributed by atoms with van der Waals surface area (Å²) in [7, 11) is -3.32. The molecule has 2 aliphatic carbocycles. The number of allylic oxidation sites excluding steroid dienone is 1. The highest BCUT2D eigenvalue weighted by Gasteiger charge is 2.43. The van der Waals surface area contributed by atoms with Gasteiger partial charge in [0, 0.05) is 11.3 Å². The molecule has 21 heavy (non-hydrogen) atoms. The van der Waals surface area contributed by atoms with Gasteiger partial charge in [0.2, 0.25) is 0 Å². The van der Waals surface area contributed by atoms with Crippen LogP contribution in [0.4, 0.5) is 0 Å². The highest BCUT2D eigenvalue weighted by Crippen LogP contribution is 2.54. The van der Waals surface area contributed by atoms with Gasteiger partial charge in [0.25, 0.3) is 0 Å². The largest absolute Gasteiger partial charge is 0.219 e. The third kappa shape index (κ3) is 2.04. The molecular weight excluding hydrogens is 280 g/mol. The highest BCUT2D eigenvalue weighted by atomic mass is 32.2. The maximum atomic E-state index is 12.5. The maximum Gasteiger partial charge on any atom is 0.199 e. The minimum absolute atomic E-state index is 0.319. The Bertz CT molecular complexity index is 819. The fraction of sp³-hybridized carbons (Fsp3) is 0.222. The van der Waals surface area contributed by atoms with Crippen LogP contribution in [-0.2, 0) is 16.3 Å². The van der Waals surface area contributed by atoms with Gasteiger partial charge < -0.3 is 0 Å². The molecule has 2 aromatic carbocycles. The zero-order chi connectivity index (χ0) is 14.4. The third-order valence-corrected chi connectivity index (χ3v) is 6.16. The monoisotopic (exact) mass is 296 g/mol. The van der Waals surface area contributed by atoms with Crippen molar-refractivity contribution in [2.24, 2.45) is 5.92 Å². The van der Waals surface area contributed by atoms with Gasteiger partial charge in [0.15, 0.2) is 9.84 Å². The number of hydrogen-bond donors (Lipinski definition) is 0. The molecule has 2 aliphatic rings. The Hall–Kier alpha value is -1.87. The van der Waals surface area contributed by atoms with Crippen molar-refractivity contribution >= 4 is 9.84 Å². The molecule has 0 radical (unpaired) electrons. The first-order chi connectivity index (χ1) is 10.1. The molecule has 0 saturated heterocycles. The maximum absolute atomic E-state index is 12.5. The van der Waals surface area contributed by atoms with Crippen LogP contribution in [0.3, 0.4) is 0 Å². The predicted molar refractivity (Wildman–Crippen MR) is 82.7 cm³/mol. The first-order valence-corrected chi connectivity index (χ1v) is 8.78. The molecule has 1 saturated carbocycles. The summed E-state index contributed by atoms with van der Waals surface area (Å²) in [6.07, 6.45) is 2.00. The first-order valence-electron chi connectivity index (χ1n) is 7.23. The summed E-state index contributed by atoms with van der Waals surface area (Å²) in [5, 5.41) is 1.51. The Kier molecular flexibility index (Phi) is 2.79. The van der Waals surface area contributed by atoms with E-state index >= 15 is 0 Å². The average Bonchev–Trinajstić information content (AvgIpc) is 2.78. The van der Waals surface area contributed by atoms with Gasteiger partial charge in [-0.1, -0.05) is 48.0 Å². The average molecular weight is 296 g/mol. The quantitative estimate of drug-likeness (QED) is 0.846. The molecule has 2 nitrogen and oxygen atoms in total. The second kappa shape index (κ2) is 4.57. The van der Waals surface area contributed by atoms with Gasteiger partial charge in [-0.25, -0.2) is 8.42 Å². The molecule has 0 amide bonds. The number of rotatable bonds is 2. The molecule has 2 atom stereocenters. The van der Waals surface area contributed by atoms with Crippen molar-refractivity contribution in [1.82, 2.24) is 0 Å². The van der Waals surface area contributed by atoms with Gasteiger partial charge in [0.05, 0.1) is 4.90 Å². The van der Waals surface area contributed by atoms with Gasteiger partial charge in [-0.15, -0.1) is 0 Å². The standard InChI is InChI=1S/C18H16O2S/c19-21(20,16-7-2-1-3-8-16)12-15-11-14-10-13-6-4-5-9-17(13)18(14)15/h1-9,12,14,18H,10-11H2/b15-12-/t14-,18-/m0/s1. The van der Waals surface area contributed by atoms with E-state index in [1.165, 1.54) is 16.5 Å². The van der Waals surface area contributed by atoms with Crippen molar-refractivity contribution in [3.63, 3.8) is 0 Å². The van der Waals surface area contributed by atoms with E-state index in [4.69, 9.17) is 0 Å². The molecule has 4 rings (SSSR count). The third-order valence-electron chi connectivity index (χ3n) is 4.62. The van der Waals surface area contributed by atoms with Crippen molar-refractivity contribution < 1.29 is 8.42 Å². The molecule has 0 aromatic heterocycles. The van der Waals surface area contributed by atoms with Crippen LogP contribution >= 0.6 is 0 Å². The molecule has 106 valence electrons. The van der Waals surface area contributed by atoms with E-state index in [2.05, 4.69) is 18.2 Å². The lowest BCUT2D eigenvalue weighted by Crippen LogP contribution is -2.24. The minimum atomic E-state index is -3.32. The summed E-state index contributed by atoms with van der Waals surface area (Å²) in [4.78, 5) is 0.382. The molecule has 1 fully saturated rings. The highest BCUT2D eigenvalue weighted by molar-refractivity contribution is 7.94. The molecule has 0 heterocycles. The summed E-state index contributed by atoms with van der Waals surface area (Å²) in [6.45, 7) is 0. The molecule has 0 bridgehead atoms. The SMILES string of the molecule is O=S(=O)(/C=C1/C[C@@H]2Cc3ccccc3[C@H]12)c1ccccc1.